The van der Waals surface area contributed by atoms with E-state index in [-0.39, 0.29) is 17.4 Å². The zero-order chi connectivity index (χ0) is 17.5. The Morgan fingerprint density at radius 1 is 1.21 bits per heavy atom. The van der Waals surface area contributed by atoms with Crippen molar-refractivity contribution in [1.82, 2.24) is 9.88 Å². The van der Waals surface area contributed by atoms with Gasteiger partial charge in [-0.25, -0.2) is 0 Å². The van der Waals surface area contributed by atoms with Gasteiger partial charge in [-0.15, -0.1) is 0 Å². The number of nitrogens with one attached hydrogen (secondary N) is 1. The van der Waals surface area contributed by atoms with E-state index >= 15 is 0 Å². The quantitative estimate of drug-likeness (QED) is 0.650. The number of piperidine rings is 1. The van der Waals surface area contributed by atoms with Crippen molar-refractivity contribution in [2.45, 2.75) is 38.7 Å². The Balaban J connectivity index is 1.69. The molecular formula is C18H24N2O4. The minimum absolute atomic E-state index is 0.0770. The third kappa shape index (κ3) is 3.48. The third-order valence-electron chi connectivity index (χ3n) is 4.64. The molecule has 0 unspecified atom stereocenters. The lowest BCUT2D eigenvalue weighted by molar-refractivity contribution is 0.0357. The van der Waals surface area contributed by atoms with Gasteiger partial charge in [-0.05, 0) is 51.2 Å². The summed E-state index contributed by atoms with van der Waals surface area (Å²) < 4.78 is 0. The molecule has 0 saturated carbocycles. The summed E-state index contributed by atoms with van der Waals surface area (Å²) in [5, 5.41) is 29.7. The van der Waals surface area contributed by atoms with Gasteiger partial charge in [0.05, 0.1) is 5.60 Å². The van der Waals surface area contributed by atoms with Crippen LogP contribution in [0.3, 0.4) is 0 Å². The van der Waals surface area contributed by atoms with Gasteiger partial charge in [0, 0.05) is 30.1 Å². The van der Waals surface area contributed by atoms with E-state index < -0.39 is 5.60 Å². The number of aromatic hydroxyl groups is 2. The van der Waals surface area contributed by atoms with E-state index in [2.05, 4.69) is 4.98 Å². The number of benzene rings is 1. The largest absolute Gasteiger partial charge is 0.504 e. The Labute approximate surface area is 140 Å². The van der Waals surface area contributed by atoms with E-state index in [1.165, 1.54) is 12.1 Å². The number of carbonyl (C=O) groups excluding carboxylic acids is 1. The van der Waals surface area contributed by atoms with Crippen molar-refractivity contribution in [2.24, 2.45) is 5.92 Å². The Morgan fingerprint density at radius 3 is 2.46 bits per heavy atom. The van der Waals surface area contributed by atoms with Gasteiger partial charge >= 0.3 is 0 Å². The van der Waals surface area contributed by atoms with Crippen molar-refractivity contribution in [3.8, 4) is 11.5 Å². The molecule has 1 saturated heterocycles. The highest BCUT2D eigenvalue weighted by Gasteiger charge is 2.28. The molecule has 2 heterocycles. The van der Waals surface area contributed by atoms with Crippen LogP contribution >= 0.6 is 0 Å². The van der Waals surface area contributed by atoms with Crippen LogP contribution in [0, 0.1) is 5.92 Å². The first-order valence-corrected chi connectivity index (χ1v) is 8.29. The number of phenolic OH excluding ortho intramolecular Hbond substituents is 2. The number of likely N-dealkylation sites (tertiary alicyclic amines) is 1. The van der Waals surface area contributed by atoms with Crippen molar-refractivity contribution in [3.63, 3.8) is 0 Å². The number of H-pyrrole nitrogens is 1. The van der Waals surface area contributed by atoms with Crippen molar-refractivity contribution >= 4 is 16.8 Å². The van der Waals surface area contributed by atoms with Gasteiger partial charge in [0.1, 0.15) is 5.69 Å². The van der Waals surface area contributed by atoms with Crippen LogP contribution in [0.5, 0.6) is 11.5 Å². The monoisotopic (exact) mass is 332 g/mol. The molecule has 24 heavy (non-hydrogen) atoms. The van der Waals surface area contributed by atoms with Gasteiger partial charge < -0.3 is 25.2 Å². The van der Waals surface area contributed by atoms with Gasteiger partial charge in [0.25, 0.3) is 5.91 Å². The number of amides is 1. The maximum Gasteiger partial charge on any atom is 0.270 e. The summed E-state index contributed by atoms with van der Waals surface area (Å²) in [6.45, 7) is 4.98. The van der Waals surface area contributed by atoms with Crippen LogP contribution in [0.25, 0.3) is 10.9 Å². The lowest BCUT2D eigenvalue weighted by Crippen LogP contribution is -2.40. The van der Waals surface area contributed by atoms with E-state index in [1.54, 1.807) is 6.07 Å². The molecule has 0 spiro atoms. The van der Waals surface area contributed by atoms with Crippen molar-refractivity contribution in [3.05, 3.63) is 23.9 Å². The molecule has 0 aliphatic carbocycles. The highest BCUT2D eigenvalue weighted by Crippen LogP contribution is 2.31. The van der Waals surface area contributed by atoms with Crippen LogP contribution in [0.2, 0.25) is 0 Å². The fraction of sp³-hybridized carbons (Fsp3) is 0.500. The second kappa shape index (κ2) is 6.02. The topological polar surface area (TPSA) is 96.8 Å². The number of hydrogen-bond acceptors (Lipinski definition) is 4. The molecule has 0 atom stereocenters. The maximum atomic E-state index is 12.7. The minimum atomic E-state index is -0.669. The van der Waals surface area contributed by atoms with Crippen LogP contribution in [0.15, 0.2) is 18.2 Å². The predicted octanol–water partition coefficient (Wildman–Crippen LogP) is 2.59. The van der Waals surface area contributed by atoms with Gasteiger partial charge in [-0.2, -0.15) is 0 Å². The fourth-order valence-electron chi connectivity index (χ4n) is 3.49. The molecular weight excluding hydrogens is 308 g/mol. The SMILES string of the molecule is CC(C)(O)CC1CCN(C(=O)c2cc3cc(O)c(O)cc3[nH]2)CC1. The molecule has 1 amide bonds. The number of aliphatic hydroxyl groups is 1. The molecule has 0 radical (unpaired) electrons. The van der Waals surface area contributed by atoms with Gasteiger partial charge in [0.15, 0.2) is 11.5 Å². The highest BCUT2D eigenvalue weighted by molar-refractivity contribution is 5.98. The van der Waals surface area contributed by atoms with Crippen molar-refractivity contribution < 1.29 is 20.1 Å². The average Bonchev–Trinajstić information content (AvgIpc) is 2.89. The van der Waals surface area contributed by atoms with E-state index in [1.807, 2.05) is 18.7 Å². The lowest BCUT2D eigenvalue weighted by atomic mass is 9.86. The van der Waals surface area contributed by atoms with E-state index in [4.69, 9.17) is 0 Å². The number of carbonyl (C=O) groups is 1. The van der Waals surface area contributed by atoms with Crippen LogP contribution < -0.4 is 0 Å². The molecule has 130 valence electrons. The number of fused-ring (bicyclic) bond motifs is 1. The maximum absolute atomic E-state index is 12.7. The zero-order valence-electron chi connectivity index (χ0n) is 14.0. The second-order valence-electron chi connectivity index (χ2n) is 7.36. The van der Waals surface area contributed by atoms with Crippen LogP contribution in [0.4, 0.5) is 0 Å². The van der Waals surface area contributed by atoms with Crippen molar-refractivity contribution in [2.75, 3.05) is 13.1 Å². The fourth-order valence-corrected chi connectivity index (χ4v) is 3.49. The van der Waals surface area contributed by atoms with Gasteiger partial charge in [0.2, 0.25) is 0 Å². The summed E-state index contributed by atoms with van der Waals surface area (Å²) in [5.41, 5.74) is 0.402. The lowest BCUT2D eigenvalue weighted by Gasteiger charge is -2.34. The van der Waals surface area contributed by atoms with Crippen LogP contribution in [-0.4, -0.2) is 49.8 Å². The molecule has 4 N–H and O–H groups in total. The Kier molecular flexibility index (Phi) is 4.17. The number of aromatic amines is 1. The first kappa shape index (κ1) is 16.6. The number of phenols is 2. The molecule has 0 bridgehead atoms. The smallest absolute Gasteiger partial charge is 0.270 e. The number of nitrogens with zero attached hydrogens (tertiary/aromatic N) is 1. The van der Waals surface area contributed by atoms with E-state index in [9.17, 15) is 20.1 Å². The first-order chi connectivity index (χ1) is 11.2. The van der Waals surface area contributed by atoms with Gasteiger partial charge in [-0.3, -0.25) is 4.79 Å². The normalized spacial score (nSPS) is 16.7. The standard InChI is InChI=1S/C18H24N2O4/c1-18(2,24)10-11-3-5-20(6-4-11)17(23)14-7-12-8-15(21)16(22)9-13(12)19-14/h7-9,11,19,21-22,24H,3-6,10H2,1-2H3. The highest BCUT2D eigenvalue weighted by atomic mass is 16.3. The van der Waals surface area contributed by atoms with Crippen LogP contribution in [-0.2, 0) is 0 Å². The molecule has 1 aromatic carbocycles. The molecule has 1 aromatic heterocycles. The van der Waals surface area contributed by atoms with E-state index in [0.717, 1.165) is 19.3 Å². The molecule has 2 aromatic rings. The number of rotatable bonds is 3. The number of hydrogen-bond donors (Lipinski definition) is 4. The summed E-state index contributed by atoms with van der Waals surface area (Å²) in [7, 11) is 0. The number of aromatic nitrogens is 1. The molecule has 6 heteroatoms. The molecule has 3 rings (SSSR count). The Hall–Kier alpha value is -2.21. The molecule has 1 aliphatic rings. The van der Waals surface area contributed by atoms with Crippen molar-refractivity contribution in [1.29, 1.82) is 0 Å². The average molecular weight is 332 g/mol. The zero-order valence-corrected chi connectivity index (χ0v) is 14.0. The summed E-state index contributed by atoms with van der Waals surface area (Å²) in [5.74, 6) is -0.0544. The summed E-state index contributed by atoms with van der Waals surface area (Å²) in [6, 6.07) is 4.55. The first-order valence-electron chi connectivity index (χ1n) is 8.29. The molecule has 6 nitrogen and oxygen atoms in total. The summed E-state index contributed by atoms with van der Waals surface area (Å²) in [4.78, 5) is 17.5. The predicted molar refractivity (Wildman–Crippen MR) is 91.2 cm³/mol. The third-order valence-corrected chi connectivity index (χ3v) is 4.64. The molecule has 1 aliphatic heterocycles. The molecule has 1 fully saturated rings. The summed E-state index contributed by atoms with van der Waals surface area (Å²) >= 11 is 0. The second-order valence-corrected chi connectivity index (χ2v) is 7.36. The van der Waals surface area contributed by atoms with E-state index in [0.29, 0.717) is 35.6 Å². The minimum Gasteiger partial charge on any atom is -0.504 e. The Bertz CT molecular complexity index is 713. The Morgan fingerprint density at radius 2 is 1.83 bits per heavy atom. The van der Waals surface area contributed by atoms with Gasteiger partial charge in [-0.1, -0.05) is 0 Å². The van der Waals surface area contributed by atoms with Crippen LogP contribution in [0.1, 0.15) is 43.6 Å². The summed E-state index contributed by atoms with van der Waals surface area (Å²) in [6.07, 6.45) is 2.52.